The summed E-state index contributed by atoms with van der Waals surface area (Å²) in [5, 5.41) is 4.81. The summed E-state index contributed by atoms with van der Waals surface area (Å²) in [6.45, 7) is 1.58. The van der Waals surface area contributed by atoms with Crippen molar-refractivity contribution >= 4 is 22.7 Å². The van der Waals surface area contributed by atoms with E-state index in [-0.39, 0.29) is 12.5 Å². The summed E-state index contributed by atoms with van der Waals surface area (Å²) in [7, 11) is 0. The third-order valence-electron chi connectivity index (χ3n) is 4.89. The van der Waals surface area contributed by atoms with Gasteiger partial charge in [0, 0.05) is 5.56 Å². The van der Waals surface area contributed by atoms with Crippen molar-refractivity contribution in [2.75, 3.05) is 0 Å². The lowest BCUT2D eigenvalue weighted by Crippen LogP contribution is -2.40. The van der Waals surface area contributed by atoms with Crippen LogP contribution in [0.1, 0.15) is 18.1 Å². The normalized spacial score (nSPS) is 19.8. The summed E-state index contributed by atoms with van der Waals surface area (Å²) in [6, 6.07) is 19.1. The lowest BCUT2D eigenvalue weighted by molar-refractivity contribution is -0.131. The zero-order valence-corrected chi connectivity index (χ0v) is 14.2. The van der Waals surface area contributed by atoms with E-state index in [0.29, 0.717) is 11.1 Å². The number of benzene rings is 3. The number of amides is 3. The molecule has 3 aromatic carbocycles. The molecular formula is C21H17FN2O2. The molecule has 0 aliphatic carbocycles. The molecular weight excluding hydrogens is 331 g/mol. The van der Waals surface area contributed by atoms with Gasteiger partial charge in [-0.05, 0) is 35.4 Å². The van der Waals surface area contributed by atoms with Gasteiger partial charge in [-0.25, -0.2) is 9.18 Å². The molecule has 0 radical (unpaired) electrons. The molecule has 1 N–H and O–H groups in total. The van der Waals surface area contributed by atoms with E-state index in [4.69, 9.17) is 0 Å². The number of hydrogen-bond acceptors (Lipinski definition) is 2. The predicted octanol–water partition coefficient (Wildman–Crippen LogP) is 3.95. The molecule has 1 aliphatic heterocycles. The summed E-state index contributed by atoms with van der Waals surface area (Å²) < 4.78 is 13.9. The van der Waals surface area contributed by atoms with Crippen molar-refractivity contribution in [3.63, 3.8) is 0 Å². The quantitative estimate of drug-likeness (QED) is 0.729. The van der Waals surface area contributed by atoms with Crippen molar-refractivity contribution in [2.24, 2.45) is 0 Å². The molecule has 5 heteroatoms. The first-order chi connectivity index (χ1) is 12.5. The first-order valence-corrected chi connectivity index (χ1v) is 8.36. The summed E-state index contributed by atoms with van der Waals surface area (Å²) in [5.41, 5.74) is -0.170. The van der Waals surface area contributed by atoms with E-state index < -0.39 is 17.4 Å². The Bertz CT molecular complexity index is 1030. The molecule has 0 unspecified atom stereocenters. The Morgan fingerprint density at radius 1 is 0.962 bits per heavy atom. The van der Waals surface area contributed by atoms with Gasteiger partial charge in [0.2, 0.25) is 0 Å². The van der Waals surface area contributed by atoms with Crippen LogP contribution in [-0.4, -0.2) is 16.8 Å². The van der Waals surface area contributed by atoms with E-state index in [1.54, 1.807) is 25.1 Å². The fourth-order valence-corrected chi connectivity index (χ4v) is 3.33. The Balaban J connectivity index is 1.69. The number of rotatable bonds is 3. The molecule has 3 amide bonds. The number of halogens is 1. The van der Waals surface area contributed by atoms with Gasteiger partial charge in [0.25, 0.3) is 5.91 Å². The van der Waals surface area contributed by atoms with Crippen LogP contribution in [0.3, 0.4) is 0 Å². The first kappa shape index (κ1) is 16.3. The standard InChI is InChI=1S/C21H17FN2O2/c1-21(17-11-10-14-6-2-3-7-15(14)12-17)19(25)24(20(26)23-21)13-16-8-4-5-9-18(16)22/h2-12H,13H2,1H3,(H,23,26)/t21-/m0/s1. The van der Waals surface area contributed by atoms with E-state index >= 15 is 0 Å². The van der Waals surface area contributed by atoms with Crippen LogP contribution in [0, 0.1) is 5.82 Å². The molecule has 26 heavy (non-hydrogen) atoms. The van der Waals surface area contributed by atoms with Gasteiger partial charge < -0.3 is 5.32 Å². The van der Waals surface area contributed by atoms with Crippen LogP contribution >= 0.6 is 0 Å². The van der Waals surface area contributed by atoms with Crippen LogP contribution in [-0.2, 0) is 16.9 Å². The summed E-state index contributed by atoms with van der Waals surface area (Å²) in [4.78, 5) is 26.5. The highest BCUT2D eigenvalue weighted by atomic mass is 19.1. The fourth-order valence-electron chi connectivity index (χ4n) is 3.33. The molecule has 0 saturated carbocycles. The molecule has 3 aromatic rings. The van der Waals surface area contributed by atoms with Gasteiger partial charge in [0.1, 0.15) is 11.4 Å². The van der Waals surface area contributed by atoms with Crippen molar-refractivity contribution in [2.45, 2.75) is 19.0 Å². The number of urea groups is 1. The second kappa shape index (κ2) is 5.95. The molecule has 1 fully saturated rings. The van der Waals surface area contributed by atoms with Crippen LogP contribution in [0.15, 0.2) is 66.7 Å². The first-order valence-electron chi connectivity index (χ1n) is 8.36. The minimum atomic E-state index is -1.17. The number of nitrogens with zero attached hydrogens (tertiary/aromatic N) is 1. The molecule has 4 nitrogen and oxygen atoms in total. The monoisotopic (exact) mass is 348 g/mol. The average Bonchev–Trinajstić information content (AvgIpc) is 2.87. The van der Waals surface area contributed by atoms with Gasteiger partial charge in [0.05, 0.1) is 6.54 Å². The number of nitrogens with one attached hydrogen (secondary N) is 1. The van der Waals surface area contributed by atoms with E-state index in [9.17, 15) is 14.0 Å². The van der Waals surface area contributed by atoms with Crippen LogP contribution in [0.5, 0.6) is 0 Å². The van der Waals surface area contributed by atoms with Crippen molar-refractivity contribution < 1.29 is 14.0 Å². The fraction of sp³-hybridized carbons (Fsp3) is 0.143. The van der Waals surface area contributed by atoms with Gasteiger partial charge in [-0.2, -0.15) is 0 Å². The van der Waals surface area contributed by atoms with Crippen LogP contribution in [0.4, 0.5) is 9.18 Å². The molecule has 0 aromatic heterocycles. The highest BCUT2D eigenvalue weighted by Crippen LogP contribution is 2.32. The zero-order valence-electron chi connectivity index (χ0n) is 14.2. The van der Waals surface area contributed by atoms with Crippen molar-refractivity contribution in [3.8, 4) is 0 Å². The van der Waals surface area contributed by atoms with Crippen LogP contribution in [0.2, 0.25) is 0 Å². The smallest absolute Gasteiger partial charge is 0.319 e. The number of carbonyl (C=O) groups is 2. The van der Waals surface area contributed by atoms with Crippen molar-refractivity contribution in [1.29, 1.82) is 0 Å². The van der Waals surface area contributed by atoms with Crippen LogP contribution < -0.4 is 5.32 Å². The molecule has 130 valence electrons. The maximum atomic E-state index is 13.9. The Morgan fingerprint density at radius 2 is 1.65 bits per heavy atom. The number of imide groups is 1. The van der Waals surface area contributed by atoms with Gasteiger partial charge in [0.15, 0.2) is 0 Å². The van der Waals surface area contributed by atoms with E-state index in [0.717, 1.165) is 15.7 Å². The predicted molar refractivity (Wildman–Crippen MR) is 96.8 cm³/mol. The second-order valence-electron chi connectivity index (χ2n) is 6.60. The highest BCUT2D eigenvalue weighted by molar-refractivity contribution is 6.07. The lowest BCUT2D eigenvalue weighted by atomic mass is 9.90. The van der Waals surface area contributed by atoms with Crippen LogP contribution in [0.25, 0.3) is 10.8 Å². The Labute approximate surface area is 150 Å². The third kappa shape index (κ3) is 2.52. The molecule has 4 rings (SSSR count). The maximum absolute atomic E-state index is 13.9. The second-order valence-corrected chi connectivity index (χ2v) is 6.60. The minimum Gasteiger partial charge on any atom is -0.319 e. The third-order valence-corrected chi connectivity index (χ3v) is 4.89. The lowest BCUT2D eigenvalue weighted by Gasteiger charge is -2.23. The minimum absolute atomic E-state index is 0.0967. The van der Waals surface area contributed by atoms with E-state index in [1.165, 1.54) is 6.07 Å². The average molecular weight is 348 g/mol. The van der Waals surface area contributed by atoms with Gasteiger partial charge in [-0.15, -0.1) is 0 Å². The number of fused-ring (bicyclic) bond motifs is 1. The largest absolute Gasteiger partial charge is 0.325 e. The topological polar surface area (TPSA) is 49.4 Å². The molecule has 1 aliphatic rings. The Morgan fingerprint density at radius 3 is 2.42 bits per heavy atom. The number of hydrogen-bond donors (Lipinski definition) is 1. The number of carbonyl (C=O) groups excluding carboxylic acids is 2. The molecule has 0 bridgehead atoms. The van der Waals surface area contributed by atoms with E-state index in [1.807, 2.05) is 42.5 Å². The molecule has 1 saturated heterocycles. The molecule has 0 spiro atoms. The Kier molecular flexibility index (Phi) is 3.72. The van der Waals surface area contributed by atoms with Gasteiger partial charge >= 0.3 is 6.03 Å². The SMILES string of the molecule is C[C@@]1(c2ccc3ccccc3c2)NC(=O)N(Cc2ccccc2F)C1=O. The summed E-state index contributed by atoms with van der Waals surface area (Å²) in [5.74, 6) is -0.826. The zero-order chi connectivity index (χ0) is 18.3. The molecule has 1 heterocycles. The van der Waals surface area contributed by atoms with Gasteiger partial charge in [-0.1, -0.05) is 54.6 Å². The van der Waals surface area contributed by atoms with E-state index in [2.05, 4.69) is 5.32 Å². The van der Waals surface area contributed by atoms with Crippen molar-refractivity contribution in [3.05, 3.63) is 83.7 Å². The van der Waals surface area contributed by atoms with Gasteiger partial charge in [-0.3, -0.25) is 9.69 Å². The maximum Gasteiger partial charge on any atom is 0.325 e. The molecule has 1 atom stereocenters. The van der Waals surface area contributed by atoms with Crippen molar-refractivity contribution in [1.82, 2.24) is 10.2 Å². The summed E-state index contributed by atoms with van der Waals surface area (Å²) in [6.07, 6.45) is 0. The Hall–Kier alpha value is -3.21. The highest BCUT2D eigenvalue weighted by Gasteiger charge is 2.49. The summed E-state index contributed by atoms with van der Waals surface area (Å²) >= 11 is 0.